The van der Waals surface area contributed by atoms with Crippen LogP contribution in [-0.4, -0.2) is 11.7 Å². The van der Waals surface area contributed by atoms with Crippen LogP contribution in [0.25, 0.3) is 11.3 Å². The van der Waals surface area contributed by atoms with Gasteiger partial charge in [-0.1, -0.05) is 5.10 Å². The van der Waals surface area contributed by atoms with E-state index in [1.165, 1.54) is 11.3 Å². The first-order chi connectivity index (χ1) is 8.26. The molecule has 0 unspecified atom stereocenters. The Morgan fingerprint density at radius 2 is 2.00 bits per heavy atom. The summed E-state index contributed by atoms with van der Waals surface area (Å²) in [6.45, 7) is 0. The van der Waals surface area contributed by atoms with Crippen LogP contribution in [0.5, 0.6) is 5.75 Å². The van der Waals surface area contributed by atoms with E-state index < -0.39 is 0 Å². The number of hydrogen-bond acceptors (Lipinski definition) is 4. The van der Waals surface area contributed by atoms with Crippen LogP contribution in [0.1, 0.15) is 0 Å². The predicted octanol–water partition coefficient (Wildman–Crippen LogP) is 2.34. The maximum Gasteiger partial charge on any atom is 0.214 e. The molecule has 0 amide bonds. The number of aromatic nitrogens is 1. The smallest absolute Gasteiger partial charge is 0.214 e. The first kappa shape index (κ1) is 11.5. The van der Waals surface area contributed by atoms with Gasteiger partial charge in [0.05, 0.1) is 18.1 Å². The zero-order chi connectivity index (χ0) is 12.3. The SMILES string of the molecule is COc1ccc(-c2cs/c(=N/N=O)n2C)cc1. The summed E-state index contributed by atoms with van der Waals surface area (Å²) < 4.78 is 6.93. The van der Waals surface area contributed by atoms with E-state index in [9.17, 15) is 4.91 Å². The van der Waals surface area contributed by atoms with Crippen molar-refractivity contribution in [3.05, 3.63) is 39.4 Å². The first-order valence-corrected chi connectivity index (χ1v) is 5.79. The Morgan fingerprint density at radius 3 is 2.59 bits per heavy atom. The average molecular weight is 249 g/mol. The zero-order valence-corrected chi connectivity index (χ0v) is 10.3. The van der Waals surface area contributed by atoms with Crippen LogP contribution in [0.15, 0.2) is 40.0 Å². The minimum atomic E-state index is 0.575. The second-order valence-electron chi connectivity index (χ2n) is 3.37. The Labute approximate surface area is 102 Å². The average Bonchev–Trinajstić information content (AvgIpc) is 2.72. The van der Waals surface area contributed by atoms with Gasteiger partial charge in [0.15, 0.2) is 0 Å². The zero-order valence-electron chi connectivity index (χ0n) is 9.45. The van der Waals surface area contributed by atoms with Crippen LogP contribution >= 0.6 is 11.3 Å². The van der Waals surface area contributed by atoms with Crippen molar-refractivity contribution in [1.29, 1.82) is 0 Å². The molecular weight excluding hydrogens is 238 g/mol. The van der Waals surface area contributed by atoms with Gasteiger partial charge in [0.1, 0.15) is 5.75 Å². The summed E-state index contributed by atoms with van der Waals surface area (Å²) in [5, 5.41) is 7.99. The molecule has 0 bridgehead atoms. The summed E-state index contributed by atoms with van der Waals surface area (Å²) in [6, 6.07) is 7.70. The number of methoxy groups -OCH3 is 1. The normalized spacial score (nSPS) is 11.5. The molecule has 1 heterocycles. The molecule has 2 aromatic rings. The van der Waals surface area contributed by atoms with E-state index in [0.717, 1.165) is 17.0 Å². The van der Waals surface area contributed by atoms with Gasteiger partial charge < -0.3 is 9.30 Å². The minimum absolute atomic E-state index is 0.575. The standard InChI is InChI=1S/C11H11N3O2S/c1-14-10(7-17-11(14)12-13-15)8-3-5-9(16-2)6-4-8/h3-7H,1-2H3/b12-11+. The van der Waals surface area contributed by atoms with E-state index in [0.29, 0.717) is 4.80 Å². The van der Waals surface area contributed by atoms with Gasteiger partial charge in [0.2, 0.25) is 4.80 Å². The molecule has 0 radical (unpaired) electrons. The molecule has 0 saturated carbocycles. The molecule has 5 nitrogen and oxygen atoms in total. The molecule has 0 aliphatic carbocycles. The second kappa shape index (κ2) is 4.92. The van der Waals surface area contributed by atoms with E-state index in [1.807, 2.05) is 41.3 Å². The molecule has 1 aromatic heterocycles. The lowest BCUT2D eigenvalue weighted by Gasteiger charge is -2.04. The topological polar surface area (TPSA) is 56.0 Å². The summed E-state index contributed by atoms with van der Waals surface area (Å²) in [4.78, 5) is 10.7. The fourth-order valence-electron chi connectivity index (χ4n) is 1.52. The molecule has 0 aliphatic rings. The van der Waals surface area contributed by atoms with Crippen LogP contribution in [0, 0.1) is 4.91 Å². The van der Waals surface area contributed by atoms with Crippen LogP contribution < -0.4 is 9.54 Å². The van der Waals surface area contributed by atoms with E-state index >= 15 is 0 Å². The number of benzene rings is 1. The largest absolute Gasteiger partial charge is 0.497 e. The summed E-state index contributed by atoms with van der Waals surface area (Å²) >= 11 is 1.38. The third kappa shape index (κ3) is 2.26. The fraction of sp³-hybridized carbons (Fsp3) is 0.182. The summed E-state index contributed by atoms with van der Waals surface area (Å²) in [7, 11) is 3.48. The summed E-state index contributed by atoms with van der Waals surface area (Å²) in [6.07, 6.45) is 0. The highest BCUT2D eigenvalue weighted by Crippen LogP contribution is 2.22. The second-order valence-corrected chi connectivity index (χ2v) is 4.21. The third-order valence-corrected chi connectivity index (χ3v) is 3.34. The van der Waals surface area contributed by atoms with Crippen molar-refractivity contribution in [2.24, 2.45) is 17.4 Å². The van der Waals surface area contributed by atoms with Gasteiger partial charge in [-0.25, -0.2) is 0 Å². The monoisotopic (exact) mass is 249 g/mol. The number of thiazole rings is 1. The van der Waals surface area contributed by atoms with E-state index in [-0.39, 0.29) is 0 Å². The quantitative estimate of drug-likeness (QED) is 0.619. The van der Waals surface area contributed by atoms with Gasteiger partial charge in [-0.2, -0.15) is 0 Å². The Bertz CT molecular complexity index is 584. The maximum atomic E-state index is 10.1. The highest BCUT2D eigenvalue weighted by atomic mass is 32.1. The number of rotatable bonds is 3. The lowest BCUT2D eigenvalue weighted by molar-refractivity contribution is 0.415. The number of nitrogens with zero attached hydrogens (tertiary/aromatic N) is 3. The Morgan fingerprint density at radius 1 is 1.29 bits per heavy atom. The highest BCUT2D eigenvalue weighted by molar-refractivity contribution is 7.07. The molecular formula is C11H11N3O2S. The van der Waals surface area contributed by atoms with Crippen LogP contribution in [-0.2, 0) is 7.05 Å². The van der Waals surface area contributed by atoms with Gasteiger partial charge in [0.25, 0.3) is 0 Å². The molecule has 0 atom stereocenters. The number of hydrogen-bond donors (Lipinski definition) is 0. The Kier molecular flexibility index (Phi) is 3.34. The van der Waals surface area contributed by atoms with Gasteiger partial charge in [0, 0.05) is 12.4 Å². The molecule has 0 spiro atoms. The molecule has 88 valence electrons. The number of nitroso groups, excluding NO2 is 1. The van der Waals surface area contributed by atoms with E-state index in [1.54, 1.807) is 7.11 Å². The molecule has 0 aliphatic heterocycles. The van der Waals surface area contributed by atoms with Crippen LogP contribution in [0.3, 0.4) is 0 Å². The van der Waals surface area contributed by atoms with Crippen LogP contribution in [0.2, 0.25) is 0 Å². The lowest BCUT2D eigenvalue weighted by Crippen LogP contribution is -2.10. The van der Waals surface area contributed by atoms with Gasteiger partial charge in [-0.15, -0.1) is 16.2 Å². The molecule has 17 heavy (non-hydrogen) atoms. The molecule has 2 rings (SSSR count). The van der Waals surface area contributed by atoms with Crippen molar-refractivity contribution < 1.29 is 4.74 Å². The fourth-order valence-corrected chi connectivity index (χ4v) is 2.37. The number of ether oxygens (including phenoxy) is 1. The van der Waals surface area contributed by atoms with Crippen molar-refractivity contribution in [3.8, 4) is 17.0 Å². The molecule has 6 heteroatoms. The van der Waals surface area contributed by atoms with Gasteiger partial charge >= 0.3 is 0 Å². The maximum absolute atomic E-state index is 10.1. The molecule has 0 fully saturated rings. The van der Waals surface area contributed by atoms with E-state index in [2.05, 4.69) is 10.4 Å². The Balaban J connectivity index is 2.46. The highest BCUT2D eigenvalue weighted by Gasteiger charge is 2.04. The third-order valence-electron chi connectivity index (χ3n) is 2.44. The van der Waals surface area contributed by atoms with Gasteiger partial charge in [-0.3, -0.25) is 0 Å². The van der Waals surface area contributed by atoms with Gasteiger partial charge in [-0.05, 0) is 29.8 Å². The van der Waals surface area contributed by atoms with Crippen molar-refractivity contribution in [2.75, 3.05) is 7.11 Å². The summed E-state index contributed by atoms with van der Waals surface area (Å²) in [5.74, 6) is 0.811. The molecule has 0 N–H and O–H groups in total. The lowest BCUT2D eigenvalue weighted by atomic mass is 10.1. The van der Waals surface area contributed by atoms with Crippen molar-refractivity contribution in [1.82, 2.24) is 4.57 Å². The first-order valence-electron chi connectivity index (χ1n) is 4.91. The predicted molar refractivity (Wildman–Crippen MR) is 66.6 cm³/mol. The summed E-state index contributed by atoms with van der Waals surface area (Å²) in [5.41, 5.74) is 2.02. The van der Waals surface area contributed by atoms with E-state index in [4.69, 9.17) is 4.74 Å². The van der Waals surface area contributed by atoms with Crippen molar-refractivity contribution >= 4 is 11.3 Å². The van der Waals surface area contributed by atoms with Crippen molar-refractivity contribution in [3.63, 3.8) is 0 Å². The minimum Gasteiger partial charge on any atom is -0.497 e. The Hall–Kier alpha value is -1.95. The van der Waals surface area contributed by atoms with Crippen molar-refractivity contribution in [2.45, 2.75) is 0 Å². The molecule has 0 saturated heterocycles. The van der Waals surface area contributed by atoms with Crippen LogP contribution in [0.4, 0.5) is 0 Å². The molecule has 1 aromatic carbocycles.